The number of likely N-dealkylation sites (tertiary alicyclic amines) is 2. The number of aliphatic hydroxyl groups excluding tert-OH is 1. The summed E-state index contributed by atoms with van der Waals surface area (Å²) in [6, 6.07) is 0. The van der Waals surface area contributed by atoms with Crippen molar-refractivity contribution in [3.63, 3.8) is 0 Å². The highest BCUT2D eigenvalue weighted by Crippen LogP contribution is 2.18. The van der Waals surface area contributed by atoms with Crippen LogP contribution in [-0.4, -0.2) is 60.8 Å². The summed E-state index contributed by atoms with van der Waals surface area (Å²) in [7, 11) is 2.20. The predicted octanol–water partition coefficient (Wildman–Crippen LogP) is 0.395. The Morgan fingerprint density at radius 3 is 2.71 bits per heavy atom. The monoisotopic (exact) mass is 198 g/mol. The van der Waals surface area contributed by atoms with Gasteiger partial charge in [-0.05, 0) is 45.3 Å². The molecule has 2 unspecified atom stereocenters. The van der Waals surface area contributed by atoms with E-state index in [2.05, 4.69) is 16.8 Å². The molecule has 0 aromatic carbocycles. The Hall–Kier alpha value is -0.120. The lowest BCUT2D eigenvalue weighted by Gasteiger charge is -2.31. The van der Waals surface area contributed by atoms with Gasteiger partial charge in [-0.1, -0.05) is 0 Å². The lowest BCUT2D eigenvalue weighted by molar-refractivity contribution is 0.0628. The number of nitrogens with zero attached hydrogens (tertiary/aromatic N) is 2. The van der Waals surface area contributed by atoms with Gasteiger partial charge in [0.1, 0.15) is 0 Å². The van der Waals surface area contributed by atoms with Crippen LogP contribution >= 0.6 is 0 Å². The SMILES string of the molecule is CN1CCC(CN2CCCC(O)C2)C1. The Kier molecular flexibility index (Phi) is 3.42. The molecule has 0 radical (unpaired) electrons. The summed E-state index contributed by atoms with van der Waals surface area (Å²) >= 11 is 0. The average molecular weight is 198 g/mol. The topological polar surface area (TPSA) is 26.7 Å². The molecule has 0 amide bonds. The molecular formula is C11H22N2O. The van der Waals surface area contributed by atoms with Gasteiger partial charge in [-0.2, -0.15) is 0 Å². The molecule has 2 rings (SSSR count). The largest absolute Gasteiger partial charge is 0.392 e. The number of β-amino-alcohol motifs (C(OH)–C–C–N with tert-alkyl or cyclic N) is 1. The molecule has 2 saturated heterocycles. The van der Waals surface area contributed by atoms with E-state index in [1.165, 1.54) is 39.0 Å². The summed E-state index contributed by atoms with van der Waals surface area (Å²) in [5.41, 5.74) is 0. The number of piperidine rings is 1. The summed E-state index contributed by atoms with van der Waals surface area (Å²) in [5, 5.41) is 9.55. The standard InChI is InChI=1S/C11H22N2O/c1-12-6-4-10(7-12)8-13-5-2-3-11(14)9-13/h10-11,14H,2-9H2,1H3. The molecule has 0 saturated carbocycles. The van der Waals surface area contributed by atoms with Crippen molar-refractivity contribution in [3.8, 4) is 0 Å². The lowest BCUT2D eigenvalue weighted by Crippen LogP contribution is -2.41. The van der Waals surface area contributed by atoms with E-state index < -0.39 is 0 Å². The van der Waals surface area contributed by atoms with Crippen molar-refractivity contribution in [2.45, 2.75) is 25.4 Å². The van der Waals surface area contributed by atoms with Crippen molar-refractivity contribution in [3.05, 3.63) is 0 Å². The van der Waals surface area contributed by atoms with E-state index in [1.54, 1.807) is 0 Å². The zero-order valence-corrected chi connectivity index (χ0v) is 9.15. The maximum absolute atomic E-state index is 9.55. The van der Waals surface area contributed by atoms with Gasteiger partial charge in [-0.15, -0.1) is 0 Å². The molecule has 1 N–H and O–H groups in total. The first-order chi connectivity index (χ1) is 6.74. The molecule has 0 bridgehead atoms. The van der Waals surface area contributed by atoms with Gasteiger partial charge in [0.2, 0.25) is 0 Å². The molecule has 14 heavy (non-hydrogen) atoms. The van der Waals surface area contributed by atoms with Crippen molar-refractivity contribution in [2.75, 3.05) is 39.8 Å². The van der Waals surface area contributed by atoms with Crippen LogP contribution in [0.2, 0.25) is 0 Å². The van der Waals surface area contributed by atoms with E-state index in [4.69, 9.17) is 0 Å². The van der Waals surface area contributed by atoms with Crippen molar-refractivity contribution in [1.82, 2.24) is 9.80 Å². The number of hydrogen-bond donors (Lipinski definition) is 1. The van der Waals surface area contributed by atoms with Crippen LogP contribution in [0.3, 0.4) is 0 Å². The quantitative estimate of drug-likeness (QED) is 0.695. The van der Waals surface area contributed by atoms with Crippen molar-refractivity contribution in [1.29, 1.82) is 0 Å². The van der Waals surface area contributed by atoms with Gasteiger partial charge >= 0.3 is 0 Å². The molecule has 2 aliphatic heterocycles. The molecule has 82 valence electrons. The lowest BCUT2D eigenvalue weighted by atomic mass is 10.0. The van der Waals surface area contributed by atoms with Crippen LogP contribution in [-0.2, 0) is 0 Å². The molecule has 3 nitrogen and oxygen atoms in total. The number of rotatable bonds is 2. The minimum absolute atomic E-state index is 0.0668. The van der Waals surface area contributed by atoms with Gasteiger partial charge in [0, 0.05) is 19.6 Å². The smallest absolute Gasteiger partial charge is 0.0667 e. The van der Waals surface area contributed by atoms with Crippen LogP contribution in [0.4, 0.5) is 0 Å². The molecule has 0 aromatic heterocycles. The maximum Gasteiger partial charge on any atom is 0.0667 e. The second-order valence-corrected chi connectivity index (χ2v) is 4.97. The summed E-state index contributed by atoms with van der Waals surface area (Å²) in [4.78, 5) is 4.85. The fraction of sp³-hybridized carbons (Fsp3) is 1.00. The van der Waals surface area contributed by atoms with Crippen molar-refractivity contribution >= 4 is 0 Å². The van der Waals surface area contributed by atoms with Gasteiger partial charge < -0.3 is 14.9 Å². The van der Waals surface area contributed by atoms with E-state index in [0.717, 1.165) is 18.9 Å². The third-order valence-corrected chi connectivity index (χ3v) is 3.49. The summed E-state index contributed by atoms with van der Waals surface area (Å²) in [6.45, 7) is 5.78. The number of aliphatic hydroxyl groups is 1. The van der Waals surface area contributed by atoms with Gasteiger partial charge in [0.25, 0.3) is 0 Å². The normalized spacial score (nSPS) is 36.4. The van der Waals surface area contributed by atoms with Gasteiger partial charge in [0.15, 0.2) is 0 Å². The second-order valence-electron chi connectivity index (χ2n) is 4.97. The van der Waals surface area contributed by atoms with E-state index in [-0.39, 0.29) is 6.10 Å². The molecule has 0 aliphatic carbocycles. The minimum Gasteiger partial charge on any atom is -0.392 e. The van der Waals surface area contributed by atoms with Crippen LogP contribution in [0, 0.1) is 5.92 Å². The predicted molar refractivity (Wildman–Crippen MR) is 57.3 cm³/mol. The first-order valence-electron chi connectivity index (χ1n) is 5.83. The number of hydrogen-bond acceptors (Lipinski definition) is 3. The second kappa shape index (κ2) is 4.60. The van der Waals surface area contributed by atoms with E-state index in [1.807, 2.05) is 0 Å². The molecule has 2 atom stereocenters. The molecule has 2 heterocycles. The molecular weight excluding hydrogens is 176 g/mol. The van der Waals surface area contributed by atoms with Gasteiger partial charge in [-0.3, -0.25) is 0 Å². The Balaban J connectivity index is 1.74. The Labute approximate surface area is 86.7 Å². The zero-order valence-electron chi connectivity index (χ0n) is 9.15. The van der Waals surface area contributed by atoms with E-state index >= 15 is 0 Å². The van der Waals surface area contributed by atoms with Gasteiger partial charge in [0.05, 0.1) is 6.10 Å². The van der Waals surface area contributed by atoms with Crippen LogP contribution in [0.15, 0.2) is 0 Å². The molecule has 3 heteroatoms. The third-order valence-electron chi connectivity index (χ3n) is 3.49. The van der Waals surface area contributed by atoms with Gasteiger partial charge in [-0.25, -0.2) is 0 Å². The van der Waals surface area contributed by atoms with Crippen LogP contribution in [0.1, 0.15) is 19.3 Å². The molecule has 0 aromatic rings. The summed E-state index contributed by atoms with van der Waals surface area (Å²) in [6.07, 6.45) is 3.44. The summed E-state index contributed by atoms with van der Waals surface area (Å²) < 4.78 is 0. The maximum atomic E-state index is 9.55. The molecule has 2 fully saturated rings. The van der Waals surface area contributed by atoms with Crippen molar-refractivity contribution < 1.29 is 5.11 Å². The highest BCUT2D eigenvalue weighted by atomic mass is 16.3. The fourth-order valence-corrected chi connectivity index (χ4v) is 2.74. The highest BCUT2D eigenvalue weighted by Gasteiger charge is 2.24. The van der Waals surface area contributed by atoms with E-state index in [0.29, 0.717) is 0 Å². The fourth-order valence-electron chi connectivity index (χ4n) is 2.74. The Morgan fingerprint density at radius 2 is 2.07 bits per heavy atom. The first kappa shape index (κ1) is 10.4. The first-order valence-corrected chi connectivity index (χ1v) is 5.83. The summed E-state index contributed by atoms with van der Waals surface area (Å²) in [5.74, 6) is 0.838. The van der Waals surface area contributed by atoms with E-state index in [9.17, 15) is 5.11 Å². The van der Waals surface area contributed by atoms with Crippen LogP contribution in [0.25, 0.3) is 0 Å². The minimum atomic E-state index is -0.0668. The molecule has 2 aliphatic rings. The molecule has 0 spiro atoms. The van der Waals surface area contributed by atoms with Crippen LogP contribution in [0.5, 0.6) is 0 Å². The van der Waals surface area contributed by atoms with Crippen LogP contribution < -0.4 is 0 Å². The zero-order chi connectivity index (χ0) is 9.97. The Bertz CT molecular complexity index is 186. The average Bonchev–Trinajstić information content (AvgIpc) is 2.51. The van der Waals surface area contributed by atoms with Crippen molar-refractivity contribution in [2.24, 2.45) is 5.92 Å². The third kappa shape index (κ3) is 2.69. The Morgan fingerprint density at radius 1 is 1.21 bits per heavy atom. The highest BCUT2D eigenvalue weighted by molar-refractivity contribution is 4.79.